The van der Waals surface area contributed by atoms with Crippen molar-refractivity contribution in [1.29, 1.82) is 0 Å². The average molecular weight is 277 g/mol. The highest BCUT2D eigenvalue weighted by atomic mass is 16.5. The van der Waals surface area contributed by atoms with E-state index in [-0.39, 0.29) is 5.91 Å². The molecule has 6 heteroatoms. The number of benzene rings is 1. The van der Waals surface area contributed by atoms with Crippen LogP contribution in [0.15, 0.2) is 18.2 Å². The fourth-order valence-electron chi connectivity index (χ4n) is 2.58. The third kappa shape index (κ3) is 2.54. The van der Waals surface area contributed by atoms with Gasteiger partial charge in [0.25, 0.3) is 5.91 Å². The predicted octanol–water partition coefficient (Wildman–Crippen LogP) is 0.757. The Morgan fingerprint density at radius 2 is 2.10 bits per heavy atom. The van der Waals surface area contributed by atoms with Crippen molar-refractivity contribution in [2.24, 2.45) is 5.73 Å². The van der Waals surface area contributed by atoms with E-state index in [9.17, 15) is 9.59 Å². The van der Waals surface area contributed by atoms with Gasteiger partial charge in [0.15, 0.2) is 5.75 Å². The van der Waals surface area contributed by atoms with Crippen LogP contribution in [-0.2, 0) is 4.79 Å². The number of likely N-dealkylation sites (tertiary alicyclic amines) is 1. The Labute approximate surface area is 117 Å². The molecule has 0 bridgehead atoms. The van der Waals surface area contributed by atoms with Crippen LogP contribution in [0.1, 0.15) is 29.6 Å². The zero-order valence-corrected chi connectivity index (χ0v) is 11.5. The molecule has 1 aromatic carbocycles. The molecule has 1 aromatic rings. The number of primary amides is 1. The number of hydrogen-bond donors (Lipinski definition) is 2. The highest BCUT2D eigenvalue weighted by Crippen LogP contribution is 2.29. The number of anilines is 1. The van der Waals surface area contributed by atoms with Gasteiger partial charge in [0.1, 0.15) is 6.04 Å². The summed E-state index contributed by atoms with van der Waals surface area (Å²) < 4.78 is 5.20. The van der Waals surface area contributed by atoms with Crippen molar-refractivity contribution in [3.63, 3.8) is 0 Å². The first kappa shape index (κ1) is 14.2. The van der Waals surface area contributed by atoms with Gasteiger partial charge >= 0.3 is 0 Å². The van der Waals surface area contributed by atoms with Crippen molar-refractivity contribution in [3.8, 4) is 5.75 Å². The number of nitrogens with zero attached hydrogens (tertiary/aromatic N) is 1. The molecule has 20 heavy (non-hydrogen) atoms. The number of nitrogens with two attached hydrogens (primary N) is 2. The molecule has 1 saturated heterocycles. The second-order valence-corrected chi connectivity index (χ2v) is 4.84. The van der Waals surface area contributed by atoms with E-state index in [0.717, 1.165) is 12.8 Å². The number of piperidine rings is 1. The van der Waals surface area contributed by atoms with E-state index in [1.54, 1.807) is 18.2 Å². The van der Waals surface area contributed by atoms with Gasteiger partial charge in [-0.2, -0.15) is 0 Å². The Morgan fingerprint density at radius 1 is 1.35 bits per heavy atom. The zero-order valence-electron chi connectivity index (χ0n) is 11.5. The second kappa shape index (κ2) is 5.81. The number of carbonyl (C=O) groups excluding carboxylic acids is 2. The largest absolute Gasteiger partial charge is 0.494 e. The molecule has 1 atom stereocenters. The summed E-state index contributed by atoms with van der Waals surface area (Å²) >= 11 is 0. The summed E-state index contributed by atoms with van der Waals surface area (Å²) in [4.78, 5) is 25.6. The molecular weight excluding hydrogens is 258 g/mol. The van der Waals surface area contributed by atoms with E-state index in [4.69, 9.17) is 16.2 Å². The summed E-state index contributed by atoms with van der Waals surface area (Å²) in [6.45, 7) is 0.518. The second-order valence-electron chi connectivity index (χ2n) is 4.84. The zero-order chi connectivity index (χ0) is 14.7. The molecule has 1 aliphatic rings. The standard InChI is InChI=1S/C14H19N3O3/c1-20-12-9(5-4-6-10(12)15)14(19)17-8-3-2-7-11(17)13(16)18/h4-6,11H,2-3,7-8,15H2,1H3,(H2,16,18). The molecule has 6 nitrogen and oxygen atoms in total. The van der Waals surface area contributed by atoms with Crippen LogP contribution >= 0.6 is 0 Å². The molecule has 1 unspecified atom stereocenters. The van der Waals surface area contributed by atoms with E-state index in [0.29, 0.717) is 30.0 Å². The summed E-state index contributed by atoms with van der Waals surface area (Å²) in [5.74, 6) is -0.398. The molecule has 2 amide bonds. The van der Waals surface area contributed by atoms with Gasteiger partial charge in [0.05, 0.1) is 18.4 Å². The number of methoxy groups -OCH3 is 1. The first-order chi connectivity index (χ1) is 9.56. The average Bonchev–Trinajstić information content (AvgIpc) is 2.46. The Hall–Kier alpha value is -2.24. The van der Waals surface area contributed by atoms with Gasteiger partial charge in [-0.3, -0.25) is 9.59 Å². The SMILES string of the molecule is COc1c(N)cccc1C(=O)N1CCCCC1C(N)=O. The lowest BCUT2D eigenvalue weighted by Gasteiger charge is -2.34. The van der Waals surface area contributed by atoms with Crippen LogP contribution in [-0.4, -0.2) is 36.4 Å². The first-order valence-corrected chi connectivity index (χ1v) is 6.59. The minimum absolute atomic E-state index is 0.266. The van der Waals surface area contributed by atoms with Crippen LogP contribution in [0.3, 0.4) is 0 Å². The highest BCUT2D eigenvalue weighted by Gasteiger charge is 2.32. The molecule has 0 aromatic heterocycles. The first-order valence-electron chi connectivity index (χ1n) is 6.59. The Kier molecular flexibility index (Phi) is 4.12. The Balaban J connectivity index is 2.35. The molecule has 1 heterocycles. The van der Waals surface area contributed by atoms with Gasteiger partial charge in [-0.25, -0.2) is 0 Å². The fourth-order valence-corrected chi connectivity index (χ4v) is 2.58. The lowest BCUT2D eigenvalue weighted by Crippen LogP contribution is -2.50. The van der Waals surface area contributed by atoms with E-state index >= 15 is 0 Å². The van der Waals surface area contributed by atoms with E-state index in [2.05, 4.69) is 0 Å². The third-order valence-corrected chi connectivity index (χ3v) is 3.57. The molecule has 0 radical (unpaired) electrons. The van der Waals surface area contributed by atoms with Crippen molar-refractivity contribution in [3.05, 3.63) is 23.8 Å². The van der Waals surface area contributed by atoms with Gasteiger partial charge < -0.3 is 21.1 Å². The van der Waals surface area contributed by atoms with Gasteiger partial charge in [0.2, 0.25) is 5.91 Å². The molecule has 1 aliphatic heterocycles. The van der Waals surface area contributed by atoms with Crippen LogP contribution in [0.4, 0.5) is 5.69 Å². The fraction of sp³-hybridized carbons (Fsp3) is 0.429. The number of rotatable bonds is 3. The van der Waals surface area contributed by atoms with Crippen molar-refractivity contribution in [1.82, 2.24) is 4.90 Å². The van der Waals surface area contributed by atoms with Crippen molar-refractivity contribution >= 4 is 17.5 Å². The summed E-state index contributed by atoms with van der Waals surface area (Å²) in [5, 5.41) is 0. The molecule has 2 rings (SSSR count). The van der Waals surface area contributed by atoms with Gasteiger partial charge in [0, 0.05) is 6.54 Å². The normalized spacial score (nSPS) is 18.6. The quantitative estimate of drug-likeness (QED) is 0.797. The monoisotopic (exact) mass is 277 g/mol. The summed E-state index contributed by atoms with van der Waals surface area (Å²) in [6, 6.07) is 4.44. The molecule has 1 fully saturated rings. The number of hydrogen-bond acceptors (Lipinski definition) is 4. The van der Waals surface area contributed by atoms with Crippen LogP contribution in [0.5, 0.6) is 5.75 Å². The Morgan fingerprint density at radius 3 is 2.75 bits per heavy atom. The number of amides is 2. The van der Waals surface area contributed by atoms with E-state index in [1.807, 2.05) is 0 Å². The van der Waals surface area contributed by atoms with Crippen LogP contribution in [0, 0.1) is 0 Å². The molecule has 108 valence electrons. The van der Waals surface area contributed by atoms with Crippen LogP contribution < -0.4 is 16.2 Å². The number of para-hydroxylation sites is 1. The maximum Gasteiger partial charge on any atom is 0.258 e. The van der Waals surface area contributed by atoms with E-state index < -0.39 is 11.9 Å². The minimum atomic E-state index is -0.553. The summed E-state index contributed by atoms with van der Waals surface area (Å²) in [7, 11) is 1.46. The molecule has 0 aliphatic carbocycles. The molecule has 4 N–H and O–H groups in total. The number of nitrogen functional groups attached to an aromatic ring is 1. The molecule has 0 spiro atoms. The van der Waals surface area contributed by atoms with Gasteiger partial charge in [-0.15, -0.1) is 0 Å². The van der Waals surface area contributed by atoms with Crippen molar-refractivity contribution < 1.29 is 14.3 Å². The van der Waals surface area contributed by atoms with Crippen molar-refractivity contribution in [2.75, 3.05) is 19.4 Å². The smallest absolute Gasteiger partial charge is 0.258 e. The molecular formula is C14H19N3O3. The maximum atomic E-state index is 12.6. The maximum absolute atomic E-state index is 12.6. The summed E-state index contributed by atoms with van der Waals surface area (Å²) in [6.07, 6.45) is 2.36. The minimum Gasteiger partial charge on any atom is -0.494 e. The third-order valence-electron chi connectivity index (χ3n) is 3.57. The Bertz CT molecular complexity index is 530. The number of ether oxygens (including phenoxy) is 1. The summed E-state index contributed by atoms with van der Waals surface area (Å²) in [5.41, 5.74) is 11.9. The van der Waals surface area contributed by atoms with E-state index in [1.165, 1.54) is 12.0 Å². The molecule has 0 saturated carbocycles. The van der Waals surface area contributed by atoms with Crippen LogP contribution in [0.25, 0.3) is 0 Å². The van der Waals surface area contributed by atoms with Gasteiger partial charge in [-0.05, 0) is 31.4 Å². The topological polar surface area (TPSA) is 98.7 Å². The highest BCUT2D eigenvalue weighted by molar-refractivity contribution is 6.01. The van der Waals surface area contributed by atoms with Crippen LogP contribution in [0.2, 0.25) is 0 Å². The van der Waals surface area contributed by atoms with Gasteiger partial charge in [-0.1, -0.05) is 6.07 Å². The lowest BCUT2D eigenvalue weighted by molar-refractivity contribution is -0.123. The predicted molar refractivity (Wildman–Crippen MR) is 75.3 cm³/mol. The lowest BCUT2D eigenvalue weighted by atomic mass is 10.00. The number of carbonyl (C=O) groups is 2. The van der Waals surface area contributed by atoms with Crippen molar-refractivity contribution in [2.45, 2.75) is 25.3 Å².